The molecule has 9 heteroatoms. The van der Waals surface area contributed by atoms with Crippen molar-refractivity contribution in [3.63, 3.8) is 0 Å². The minimum Gasteiger partial charge on any atom is -0.381 e. The number of amides is 1. The predicted molar refractivity (Wildman–Crippen MR) is 112 cm³/mol. The summed E-state index contributed by atoms with van der Waals surface area (Å²) in [6.45, 7) is 6.05. The lowest BCUT2D eigenvalue weighted by Crippen LogP contribution is -2.40. The Hall–Kier alpha value is -1.68. The first-order chi connectivity index (χ1) is 14.0. The smallest absolute Gasteiger partial charge is 0.243 e. The van der Waals surface area contributed by atoms with E-state index in [-0.39, 0.29) is 17.2 Å². The van der Waals surface area contributed by atoms with Gasteiger partial charge in [-0.3, -0.25) is 4.79 Å². The minimum absolute atomic E-state index is 0.183. The molecular formula is C20H31N3O5S. The number of rotatable bonds is 8. The van der Waals surface area contributed by atoms with Gasteiger partial charge in [0, 0.05) is 32.8 Å². The van der Waals surface area contributed by atoms with Gasteiger partial charge in [0.15, 0.2) is 0 Å². The molecule has 0 radical (unpaired) electrons. The molecule has 0 unspecified atom stereocenters. The number of hydrogen-bond donors (Lipinski definition) is 1. The minimum atomic E-state index is -3.63. The molecule has 0 spiro atoms. The van der Waals surface area contributed by atoms with E-state index >= 15 is 0 Å². The lowest BCUT2D eigenvalue weighted by molar-refractivity contribution is -0.117. The third kappa shape index (κ3) is 5.69. The van der Waals surface area contributed by atoms with Gasteiger partial charge in [-0.2, -0.15) is 4.31 Å². The van der Waals surface area contributed by atoms with Crippen molar-refractivity contribution in [3.8, 4) is 0 Å². The molecule has 0 bridgehead atoms. The summed E-state index contributed by atoms with van der Waals surface area (Å²) in [7, 11) is -3.63. The molecule has 2 heterocycles. The van der Waals surface area contributed by atoms with Gasteiger partial charge in [0.2, 0.25) is 15.9 Å². The molecule has 2 saturated heterocycles. The number of nitrogens with one attached hydrogen (secondary N) is 1. The van der Waals surface area contributed by atoms with E-state index in [1.54, 1.807) is 12.1 Å². The number of ether oxygens (including phenoxy) is 2. The van der Waals surface area contributed by atoms with Gasteiger partial charge in [0.25, 0.3) is 0 Å². The van der Waals surface area contributed by atoms with Crippen LogP contribution < -0.4 is 10.2 Å². The maximum atomic E-state index is 13.0. The van der Waals surface area contributed by atoms with E-state index in [0.717, 1.165) is 31.6 Å². The van der Waals surface area contributed by atoms with Crippen LogP contribution in [0.4, 0.5) is 11.4 Å². The van der Waals surface area contributed by atoms with Crippen LogP contribution in [0.15, 0.2) is 23.1 Å². The molecule has 3 rings (SSSR count). The van der Waals surface area contributed by atoms with Crippen LogP contribution in [-0.2, 0) is 24.3 Å². The van der Waals surface area contributed by atoms with Crippen molar-refractivity contribution in [1.82, 2.24) is 4.31 Å². The standard InChI is InChI=1S/C20H31N3O5S/c1-2-27-13-8-20(24)21-18-16-17(29(25,26)23-11-14-28-15-12-23)6-7-19(18)22-9-4-3-5-10-22/h6-7,16H,2-5,8-15H2,1H3,(H,21,24). The van der Waals surface area contributed by atoms with Crippen molar-refractivity contribution < 1.29 is 22.7 Å². The molecule has 8 nitrogen and oxygen atoms in total. The van der Waals surface area contributed by atoms with Gasteiger partial charge in [-0.1, -0.05) is 0 Å². The molecular weight excluding hydrogens is 394 g/mol. The Labute approximate surface area is 173 Å². The van der Waals surface area contributed by atoms with Gasteiger partial charge in [0.05, 0.1) is 42.5 Å². The highest BCUT2D eigenvalue weighted by Crippen LogP contribution is 2.32. The second-order valence-corrected chi connectivity index (χ2v) is 9.18. The third-order valence-electron chi connectivity index (χ3n) is 5.22. The maximum Gasteiger partial charge on any atom is 0.243 e. The second-order valence-electron chi connectivity index (χ2n) is 7.24. The van der Waals surface area contributed by atoms with Gasteiger partial charge in [-0.05, 0) is 44.4 Å². The van der Waals surface area contributed by atoms with E-state index in [2.05, 4.69) is 10.2 Å². The summed E-state index contributed by atoms with van der Waals surface area (Å²) < 4.78 is 38.1. The zero-order valence-electron chi connectivity index (χ0n) is 17.1. The van der Waals surface area contributed by atoms with Crippen molar-refractivity contribution in [2.24, 2.45) is 0 Å². The van der Waals surface area contributed by atoms with Gasteiger partial charge in [0.1, 0.15) is 0 Å². The molecule has 1 aromatic rings. The van der Waals surface area contributed by atoms with Crippen LogP contribution in [0, 0.1) is 0 Å². The normalized spacial score (nSPS) is 18.6. The summed E-state index contributed by atoms with van der Waals surface area (Å²) in [6, 6.07) is 5.05. The van der Waals surface area contributed by atoms with Gasteiger partial charge >= 0.3 is 0 Å². The Morgan fingerprint density at radius 1 is 1.14 bits per heavy atom. The van der Waals surface area contributed by atoms with Crippen LogP contribution in [0.1, 0.15) is 32.6 Å². The Morgan fingerprint density at radius 3 is 2.55 bits per heavy atom. The molecule has 2 fully saturated rings. The van der Waals surface area contributed by atoms with Crippen molar-refractivity contribution >= 4 is 27.3 Å². The van der Waals surface area contributed by atoms with E-state index < -0.39 is 10.0 Å². The summed E-state index contributed by atoms with van der Waals surface area (Å²) in [5.41, 5.74) is 1.41. The number of anilines is 2. The first-order valence-corrected chi connectivity index (χ1v) is 11.8. The average molecular weight is 426 g/mol. The quantitative estimate of drug-likeness (QED) is 0.642. The SMILES string of the molecule is CCOCCC(=O)Nc1cc(S(=O)(=O)N2CCOCC2)ccc1N1CCCCC1. The van der Waals surface area contributed by atoms with Crippen molar-refractivity contribution in [3.05, 3.63) is 18.2 Å². The Balaban J connectivity index is 1.86. The maximum absolute atomic E-state index is 13.0. The highest BCUT2D eigenvalue weighted by atomic mass is 32.2. The van der Waals surface area contributed by atoms with Crippen molar-refractivity contribution in [1.29, 1.82) is 0 Å². The molecule has 29 heavy (non-hydrogen) atoms. The van der Waals surface area contributed by atoms with Gasteiger partial charge < -0.3 is 19.7 Å². The van der Waals surface area contributed by atoms with Crippen LogP contribution in [0.2, 0.25) is 0 Å². The van der Waals surface area contributed by atoms with Crippen LogP contribution in [0.25, 0.3) is 0 Å². The number of sulfonamides is 1. The average Bonchev–Trinajstić information content (AvgIpc) is 2.75. The van der Waals surface area contributed by atoms with Crippen molar-refractivity contribution in [2.75, 3.05) is 62.8 Å². The van der Waals surface area contributed by atoms with E-state index in [1.165, 1.54) is 10.7 Å². The van der Waals surface area contributed by atoms with Crippen LogP contribution in [0.3, 0.4) is 0 Å². The summed E-state index contributed by atoms with van der Waals surface area (Å²) in [6.07, 6.45) is 3.60. The summed E-state index contributed by atoms with van der Waals surface area (Å²) >= 11 is 0. The molecule has 0 atom stereocenters. The zero-order valence-corrected chi connectivity index (χ0v) is 17.9. The Bertz CT molecular complexity index is 787. The summed E-state index contributed by atoms with van der Waals surface area (Å²) in [5.74, 6) is -0.183. The third-order valence-corrected chi connectivity index (χ3v) is 7.12. The Kier molecular flexibility index (Phi) is 7.88. The van der Waals surface area contributed by atoms with E-state index in [9.17, 15) is 13.2 Å². The molecule has 0 saturated carbocycles. The predicted octanol–water partition coefficient (Wildman–Crippen LogP) is 2.06. The fraction of sp³-hybridized carbons (Fsp3) is 0.650. The Morgan fingerprint density at radius 2 is 1.86 bits per heavy atom. The highest BCUT2D eigenvalue weighted by Gasteiger charge is 2.28. The largest absolute Gasteiger partial charge is 0.381 e. The van der Waals surface area contributed by atoms with E-state index in [1.807, 2.05) is 13.0 Å². The number of carbonyl (C=O) groups is 1. The summed E-state index contributed by atoms with van der Waals surface area (Å²) in [5, 5.41) is 2.91. The van der Waals surface area contributed by atoms with Gasteiger partial charge in [-0.25, -0.2) is 8.42 Å². The highest BCUT2D eigenvalue weighted by molar-refractivity contribution is 7.89. The first-order valence-electron chi connectivity index (χ1n) is 10.4. The number of morpholine rings is 1. The molecule has 1 aromatic carbocycles. The van der Waals surface area contributed by atoms with E-state index in [4.69, 9.17) is 9.47 Å². The van der Waals surface area contributed by atoms with Crippen molar-refractivity contribution in [2.45, 2.75) is 37.5 Å². The fourth-order valence-corrected chi connectivity index (χ4v) is 5.08. The number of piperidine rings is 1. The number of benzene rings is 1. The summed E-state index contributed by atoms with van der Waals surface area (Å²) in [4.78, 5) is 14.8. The van der Waals surface area contributed by atoms with Gasteiger partial charge in [-0.15, -0.1) is 0 Å². The molecule has 1 amide bonds. The number of carbonyl (C=O) groups excluding carboxylic acids is 1. The molecule has 0 aliphatic carbocycles. The first kappa shape index (κ1) is 22.0. The fourth-order valence-electron chi connectivity index (χ4n) is 3.64. The van der Waals surface area contributed by atoms with Crippen LogP contribution >= 0.6 is 0 Å². The number of hydrogen-bond acceptors (Lipinski definition) is 6. The molecule has 1 N–H and O–H groups in total. The molecule has 2 aliphatic heterocycles. The van der Waals surface area contributed by atoms with Crippen LogP contribution in [-0.4, -0.2) is 71.2 Å². The topological polar surface area (TPSA) is 88.2 Å². The van der Waals surface area contributed by atoms with E-state index in [0.29, 0.717) is 45.2 Å². The lowest BCUT2D eigenvalue weighted by atomic mass is 10.1. The van der Waals surface area contributed by atoms with Crippen LogP contribution in [0.5, 0.6) is 0 Å². The lowest BCUT2D eigenvalue weighted by Gasteiger charge is -2.31. The molecule has 2 aliphatic rings. The number of nitrogens with zero attached hydrogens (tertiary/aromatic N) is 2. The monoisotopic (exact) mass is 425 g/mol. The molecule has 0 aromatic heterocycles. The molecule has 162 valence electrons. The zero-order chi connectivity index (χ0) is 20.7. The second kappa shape index (κ2) is 10.4.